The molecule has 0 amide bonds. The normalized spacial score (nSPS) is 12.2. The Hall–Kier alpha value is -4.11. The molecule has 9 heteroatoms. The zero-order chi connectivity index (χ0) is 25.2. The number of aromatic nitrogens is 1. The first-order chi connectivity index (χ1) is 16.7. The highest BCUT2D eigenvalue weighted by Crippen LogP contribution is 2.28. The second kappa shape index (κ2) is 9.63. The Balaban J connectivity index is 1.68. The first kappa shape index (κ1) is 24.0. The molecule has 4 aromatic rings. The number of benzene rings is 3. The smallest absolute Gasteiger partial charge is 0.340 e. The quantitative estimate of drug-likeness (QED) is 0.347. The molecule has 0 aliphatic rings. The van der Waals surface area contributed by atoms with E-state index in [0.717, 1.165) is 10.6 Å². The van der Waals surface area contributed by atoms with Crippen LogP contribution < -0.4 is 9.04 Å². The lowest BCUT2D eigenvalue weighted by Crippen LogP contribution is -2.44. The molecular formula is C26H24N2O6S. The third kappa shape index (κ3) is 4.90. The molecule has 0 radical (unpaired) electrons. The minimum Gasteiger partial charge on any atom is -0.465 e. The number of carbonyl (C=O) groups is 2. The van der Waals surface area contributed by atoms with Crippen LogP contribution in [0.4, 0.5) is 5.69 Å². The monoisotopic (exact) mass is 492 g/mol. The van der Waals surface area contributed by atoms with Gasteiger partial charge in [0, 0.05) is 11.6 Å². The van der Waals surface area contributed by atoms with E-state index in [4.69, 9.17) is 9.47 Å². The third-order valence-corrected chi connectivity index (χ3v) is 6.73. The van der Waals surface area contributed by atoms with Gasteiger partial charge in [-0.05, 0) is 49.4 Å². The van der Waals surface area contributed by atoms with Crippen molar-refractivity contribution >= 4 is 38.5 Å². The zero-order valence-electron chi connectivity index (χ0n) is 19.4. The maximum atomic E-state index is 13.5. The van der Waals surface area contributed by atoms with Crippen LogP contribution >= 0.6 is 0 Å². The van der Waals surface area contributed by atoms with Crippen LogP contribution in [0.2, 0.25) is 0 Å². The predicted molar refractivity (Wildman–Crippen MR) is 134 cm³/mol. The van der Waals surface area contributed by atoms with Gasteiger partial charge in [-0.25, -0.2) is 13.2 Å². The third-order valence-electron chi connectivity index (χ3n) is 5.49. The number of sulfonamides is 1. The fraction of sp³-hybridized carbons (Fsp3) is 0.154. The van der Waals surface area contributed by atoms with Crippen LogP contribution in [-0.2, 0) is 14.8 Å². The van der Waals surface area contributed by atoms with Crippen LogP contribution in [-0.4, -0.2) is 44.3 Å². The average Bonchev–Trinajstić information content (AvgIpc) is 3.24. The lowest BCUT2D eigenvalue weighted by molar-refractivity contribution is 0.0603. The summed E-state index contributed by atoms with van der Waals surface area (Å²) in [6.07, 6.45) is 2.42. The molecule has 0 saturated carbocycles. The van der Waals surface area contributed by atoms with Gasteiger partial charge in [0.15, 0.2) is 0 Å². The first-order valence-electron chi connectivity index (χ1n) is 10.8. The zero-order valence-corrected chi connectivity index (χ0v) is 20.2. The topological polar surface area (TPSA) is 94.9 Å². The average molecular weight is 493 g/mol. The molecule has 0 saturated heterocycles. The highest BCUT2D eigenvalue weighted by Gasteiger charge is 2.31. The Morgan fingerprint density at radius 3 is 2.11 bits per heavy atom. The maximum Gasteiger partial charge on any atom is 0.340 e. The molecule has 35 heavy (non-hydrogen) atoms. The second-order valence-corrected chi connectivity index (χ2v) is 9.76. The summed E-state index contributed by atoms with van der Waals surface area (Å²) in [5, 5.41) is 0.535. The van der Waals surface area contributed by atoms with Crippen molar-refractivity contribution in [3.8, 4) is 11.5 Å². The van der Waals surface area contributed by atoms with Crippen LogP contribution in [0.15, 0.2) is 85.1 Å². The highest BCUT2D eigenvalue weighted by atomic mass is 32.2. The van der Waals surface area contributed by atoms with E-state index in [-0.39, 0.29) is 5.56 Å². The number of rotatable bonds is 7. The molecule has 1 heterocycles. The van der Waals surface area contributed by atoms with Crippen LogP contribution in [0.25, 0.3) is 10.9 Å². The molecule has 0 aliphatic carbocycles. The number of fused-ring (bicyclic) bond motifs is 1. The van der Waals surface area contributed by atoms with E-state index in [1.54, 1.807) is 60.7 Å². The van der Waals surface area contributed by atoms with Crippen molar-refractivity contribution < 1.29 is 27.5 Å². The molecule has 1 aromatic heterocycles. The molecule has 0 bridgehead atoms. The van der Waals surface area contributed by atoms with Gasteiger partial charge < -0.3 is 9.47 Å². The van der Waals surface area contributed by atoms with Crippen molar-refractivity contribution in [3.05, 3.63) is 90.6 Å². The second-order valence-electron chi connectivity index (χ2n) is 7.90. The van der Waals surface area contributed by atoms with Crippen LogP contribution in [0.1, 0.15) is 22.1 Å². The summed E-state index contributed by atoms with van der Waals surface area (Å²) in [7, 11) is -2.58. The summed E-state index contributed by atoms with van der Waals surface area (Å²) in [6.45, 7) is 1.50. The van der Waals surface area contributed by atoms with E-state index in [9.17, 15) is 18.0 Å². The van der Waals surface area contributed by atoms with Crippen LogP contribution in [0.3, 0.4) is 0 Å². The number of nitrogens with zero attached hydrogens (tertiary/aromatic N) is 2. The molecule has 0 N–H and O–H groups in total. The lowest BCUT2D eigenvalue weighted by Gasteiger charge is -2.28. The van der Waals surface area contributed by atoms with Crippen LogP contribution in [0.5, 0.6) is 11.5 Å². The standard InChI is InChI=1S/C26H24N2O6S/c1-18(25(29)27-17-23(26(30)33-2)22-11-7-8-12-24(22)27)28(35(3,31)32)19-13-15-21(16-14-19)34-20-9-5-4-6-10-20/h4-18H,1-3H3/t18-/m1/s1. The van der Waals surface area contributed by atoms with Gasteiger partial charge in [0.2, 0.25) is 10.0 Å². The minimum atomic E-state index is -3.84. The van der Waals surface area contributed by atoms with Gasteiger partial charge in [0.05, 0.1) is 30.1 Å². The molecule has 8 nitrogen and oxygen atoms in total. The maximum absolute atomic E-state index is 13.5. The van der Waals surface area contributed by atoms with Crippen molar-refractivity contribution in [1.82, 2.24) is 4.57 Å². The molecule has 0 aliphatic heterocycles. The highest BCUT2D eigenvalue weighted by molar-refractivity contribution is 7.92. The Bertz CT molecular complexity index is 1480. The van der Waals surface area contributed by atoms with Crippen molar-refractivity contribution in [2.45, 2.75) is 13.0 Å². The number of hydrogen-bond acceptors (Lipinski definition) is 6. The molecule has 3 aromatic carbocycles. The fourth-order valence-electron chi connectivity index (χ4n) is 3.92. The number of esters is 1. The van der Waals surface area contributed by atoms with Crippen molar-refractivity contribution in [2.24, 2.45) is 0 Å². The largest absolute Gasteiger partial charge is 0.465 e. The van der Waals surface area contributed by atoms with E-state index >= 15 is 0 Å². The minimum absolute atomic E-state index is 0.219. The molecule has 1 atom stereocenters. The summed E-state index contributed by atoms with van der Waals surface area (Å²) >= 11 is 0. The Morgan fingerprint density at radius 2 is 1.49 bits per heavy atom. The van der Waals surface area contributed by atoms with Gasteiger partial charge >= 0.3 is 5.97 Å². The van der Waals surface area contributed by atoms with Crippen molar-refractivity contribution in [3.63, 3.8) is 0 Å². The van der Waals surface area contributed by atoms with Gasteiger partial charge in [-0.2, -0.15) is 0 Å². The van der Waals surface area contributed by atoms with Gasteiger partial charge in [0.25, 0.3) is 5.91 Å². The summed E-state index contributed by atoms with van der Waals surface area (Å²) in [5.41, 5.74) is 1.00. The number of carbonyl (C=O) groups excluding carboxylic acids is 2. The van der Waals surface area contributed by atoms with E-state index in [0.29, 0.717) is 28.1 Å². The molecule has 0 spiro atoms. The molecule has 0 unspecified atom stereocenters. The number of hydrogen-bond donors (Lipinski definition) is 0. The molecule has 4 rings (SSSR count). The van der Waals surface area contributed by atoms with E-state index < -0.39 is 27.9 Å². The SMILES string of the molecule is COC(=O)c1cn(C(=O)[C@@H](C)N(c2ccc(Oc3ccccc3)cc2)S(C)(=O)=O)c2ccccc12. The van der Waals surface area contributed by atoms with E-state index in [2.05, 4.69) is 0 Å². The summed E-state index contributed by atoms with van der Waals surface area (Å²) in [5.74, 6) is 0.0527. The Labute approximate surface area is 203 Å². The molecule has 0 fully saturated rings. The van der Waals surface area contributed by atoms with Gasteiger partial charge in [-0.15, -0.1) is 0 Å². The molecular weight excluding hydrogens is 468 g/mol. The number of ether oxygens (including phenoxy) is 2. The lowest BCUT2D eigenvalue weighted by atomic mass is 10.2. The summed E-state index contributed by atoms with van der Waals surface area (Å²) in [4.78, 5) is 25.8. The van der Waals surface area contributed by atoms with Crippen molar-refractivity contribution in [1.29, 1.82) is 0 Å². The number of para-hydroxylation sites is 2. The van der Waals surface area contributed by atoms with E-state index in [1.807, 2.05) is 18.2 Å². The Morgan fingerprint density at radius 1 is 0.886 bits per heavy atom. The van der Waals surface area contributed by atoms with Crippen LogP contribution in [0, 0.1) is 0 Å². The predicted octanol–water partition coefficient (Wildman–Crippen LogP) is 4.72. The number of methoxy groups -OCH3 is 1. The first-order valence-corrected chi connectivity index (χ1v) is 12.6. The van der Waals surface area contributed by atoms with Gasteiger partial charge in [-0.3, -0.25) is 13.7 Å². The van der Waals surface area contributed by atoms with Gasteiger partial charge in [0.1, 0.15) is 17.5 Å². The fourth-order valence-corrected chi connectivity index (χ4v) is 5.09. The summed E-state index contributed by atoms with van der Waals surface area (Å²) < 4.78 is 38.5. The van der Waals surface area contributed by atoms with Crippen molar-refractivity contribution in [2.75, 3.05) is 17.7 Å². The van der Waals surface area contributed by atoms with E-state index in [1.165, 1.54) is 24.8 Å². The van der Waals surface area contributed by atoms with Gasteiger partial charge in [-0.1, -0.05) is 36.4 Å². The molecule has 180 valence electrons. The number of anilines is 1. The Kier molecular flexibility index (Phi) is 6.61. The summed E-state index contributed by atoms with van der Waals surface area (Å²) in [6, 6.07) is 21.4.